The van der Waals surface area contributed by atoms with Gasteiger partial charge in [0, 0.05) is 41.8 Å². The maximum absolute atomic E-state index is 12.0. The third-order valence-electron chi connectivity index (χ3n) is 5.23. The number of aromatic nitrogens is 4. The van der Waals surface area contributed by atoms with Crippen LogP contribution in [0.5, 0.6) is 11.5 Å². The topological polar surface area (TPSA) is 91.4 Å². The maximum atomic E-state index is 12.0. The largest absolute Gasteiger partial charge is 0.493 e. The van der Waals surface area contributed by atoms with Crippen molar-refractivity contribution in [2.24, 2.45) is 7.05 Å². The zero-order chi connectivity index (χ0) is 21.7. The maximum Gasteiger partial charge on any atom is 0.348 e. The Labute approximate surface area is 180 Å². The summed E-state index contributed by atoms with van der Waals surface area (Å²) in [5.74, 6) is 0.111. The van der Waals surface area contributed by atoms with E-state index in [9.17, 15) is 9.90 Å². The van der Waals surface area contributed by atoms with Gasteiger partial charge in [0.2, 0.25) is 0 Å². The number of methoxy groups -OCH3 is 2. The Kier molecular flexibility index (Phi) is 4.40. The summed E-state index contributed by atoms with van der Waals surface area (Å²) in [4.78, 5) is 21.3. The van der Waals surface area contributed by atoms with Crippen LogP contribution in [-0.4, -0.2) is 44.4 Å². The van der Waals surface area contributed by atoms with Crippen molar-refractivity contribution < 1.29 is 19.4 Å². The molecule has 5 aromatic rings. The molecule has 0 bridgehead atoms. The van der Waals surface area contributed by atoms with E-state index in [2.05, 4.69) is 9.97 Å². The van der Waals surface area contributed by atoms with Gasteiger partial charge in [0.15, 0.2) is 16.6 Å². The molecule has 31 heavy (non-hydrogen) atoms. The number of aromatic carboxylic acids is 1. The van der Waals surface area contributed by atoms with Gasteiger partial charge in [-0.3, -0.25) is 4.57 Å². The molecule has 0 aliphatic heterocycles. The number of carboxylic acid groups (broad SMARTS) is 1. The number of hydrogen-bond acceptors (Lipinski definition) is 6. The normalized spacial score (nSPS) is 11.3. The second-order valence-corrected chi connectivity index (χ2v) is 7.97. The number of carbonyl (C=O) groups is 1. The molecule has 0 saturated carbocycles. The minimum atomic E-state index is -1.02. The first-order valence-corrected chi connectivity index (χ1v) is 10.2. The van der Waals surface area contributed by atoms with E-state index in [0.717, 1.165) is 33.3 Å². The van der Waals surface area contributed by atoms with Crippen LogP contribution in [0.1, 0.15) is 9.67 Å². The molecule has 0 saturated heterocycles. The van der Waals surface area contributed by atoms with E-state index >= 15 is 0 Å². The Balaban J connectivity index is 1.68. The van der Waals surface area contributed by atoms with E-state index in [0.29, 0.717) is 27.8 Å². The lowest BCUT2D eigenvalue weighted by Gasteiger charge is -2.07. The lowest BCUT2D eigenvalue weighted by atomic mass is 10.1. The molecule has 0 aliphatic rings. The molecule has 0 unspecified atom stereocenters. The minimum absolute atomic E-state index is 0.174. The van der Waals surface area contributed by atoms with E-state index in [1.54, 1.807) is 37.2 Å². The Morgan fingerprint density at radius 1 is 1.06 bits per heavy atom. The fraction of sp³-hybridized carbons (Fsp3) is 0.136. The van der Waals surface area contributed by atoms with Crippen LogP contribution < -0.4 is 9.47 Å². The van der Waals surface area contributed by atoms with Gasteiger partial charge < -0.3 is 19.1 Å². The molecule has 9 heteroatoms. The van der Waals surface area contributed by atoms with E-state index in [4.69, 9.17) is 9.47 Å². The first-order valence-electron chi connectivity index (χ1n) is 9.39. The van der Waals surface area contributed by atoms with Gasteiger partial charge in [-0.1, -0.05) is 17.4 Å². The van der Waals surface area contributed by atoms with E-state index < -0.39 is 5.97 Å². The monoisotopic (exact) mass is 434 g/mol. The van der Waals surface area contributed by atoms with Crippen molar-refractivity contribution in [1.29, 1.82) is 0 Å². The van der Waals surface area contributed by atoms with Crippen molar-refractivity contribution in [2.75, 3.05) is 14.2 Å². The van der Waals surface area contributed by atoms with Crippen LogP contribution >= 0.6 is 11.3 Å². The van der Waals surface area contributed by atoms with Gasteiger partial charge in [-0.25, -0.2) is 14.8 Å². The van der Waals surface area contributed by atoms with Crippen LogP contribution in [-0.2, 0) is 7.05 Å². The summed E-state index contributed by atoms with van der Waals surface area (Å²) in [6.07, 6.45) is 3.59. The third-order valence-corrected chi connectivity index (χ3v) is 6.27. The molecule has 8 nitrogen and oxygen atoms in total. The number of carboxylic acids is 1. The van der Waals surface area contributed by atoms with Gasteiger partial charge in [-0.15, -0.1) is 0 Å². The summed E-state index contributed by atoms with van der Waals surface area (Å²) in [5.41, 5.74) is 3.69. The van der Waals surface area contributed by atoms with Crippen molar-refractivity contribution in [3.63, 3.8) is 0 Å². The Morgan fingerprint density at radius 2 is 1.84 bits per heavy atom. The molecule has 3 heterocycles. The fourth-order valence-electron chi connectivity index (χ4n) is 3.67. The molecule has 0 aliphatic carbocycles. The van der Waals surface area contributed by atoms with Crippen molar-refractivity contribution in [3.8, 4) is 27.9 Å². The van der Waals surface area contributed by atoms with E-state index in [1.807, 2.05) is 42.1 Å². The zero-order valence-corrected chi connectivity index (χ0v) is 17.8. The molecule has 0 radical (unpaired) electrons. The molecule has 3 aromatic heterocycles. The Hall–Kier alpha value is -3.85. The smallest absolute Gasteiger partial charge is 0.348 e. The first-order chi connectivity index (χ1) is 15.0. The number of aryl methyl sites for hydroxylation is 1. The van der Waals surface area contributed by atoms with Crippen LogP contribution in [0.4, 0.5) is 0 Å². The second-order valence-electron chi connectivity index (χ2n) is 6.99. The molecule has 5 rings (SSSR count). The van der Waals surface area contributed by atoms with Crippen molar-refractivity contribution in [2.45, 2.75) is 0 Å². The summed E-state index contributed by atoms with van der Waals surface area (Å²) in [5, 5.41) is 11.4. The quantitative estimate of drug-likeness (QED) is 0.442. The number of benzene rings is 2. The van der Waals surface area contributed by atoms with Crippen molar-refractivity contribution in [1.82, 2.24) is 19.1 Å². The van der Waals surface area contributed by atoms with Crippen LogP contribution in [0.2, 0.25) is 0 Å². The number of fused-ring (bicyclic) bond motifs is 2. The molecule has 0 spiro atoms. The highest BCUT2D eigenvalue weighted by atomic mass is 32.1. The van der Waals surface area contributed by atoms with Gasteiger partial charge in [0.1, 0.15) is 11.2 Å². The molecule has 2 aromatic carbocycles. The Morgan fingerprint density at radius 3 is 2.58 bits per heavy atom. The predicted molar refractivity (Wildman–Crippen MR) is 119 cm³/mol. The van der Waals surface area contributed by atoms with Gasteiger partial charge in [0.25, 0.3) is 0 Å². The molecular formula is C22H18N4O4S. The van der Waals surface area contributed by atoms with Crippen LogP contribution in [0, 0.1) is 0 Å². The van der Waals surface area contributed by atoms with E-state index in [-0.39, 0.29) is 4.88 Å². The van der Waals surface area contributed by atoms with Gasteiger partial charge in [-0.05, 0) is 18.2 Å². The molecule has 1 N–H and O–H groups in total. The van der Waals surface area contributed by atoms with Gasteiger partial charge in [-0.2, -0.15) is 0 Å². The standard InChI is InChI=1S/C22H18N4O4S/c1-25-7-6-12-8-13(4-5-15(12)25)19-20(21(27)28)31-22(24-19)26-11-23-14-9-17(29-2)18(30-3)10-16(14)26/h4-11H,1-3H3,(H,27,28). The van der Waals surface area contributed by atoms with Gasteiger partial charge >= 0.3 is 5.97 Å². The summed E-state index contributed by atoms with van der Waals surface area (Å²) in [6, 6.07) is 11.4. The number of rotatable bonds is 5. The summed E-state index contributed by atoms with van der Waals surface area (Å²) < 4.78 is 14.5. The highest BCUT2D eigenvalue weighted by Crippen LogP contribution is 2.36. The SMILES string of the molecule is COc1cc2ncn(-c3nc(-c4ccc5c(ccn5C)c4)c(C(=O)O)s3)c2cc1OC. The predicted octanol–water partition coefficient (Wildman–Crippen LogP) is 4.36. The molecule has 0 amide bonds. The minimum Gasteiger partial charge on any atom is -0.493 e. The molecule has 0 atom stereocenters. The Bertz CT molecular complexity index is 1460. The first kappa shape index (κ1) is 19.1. The number of ether oxygens (including phenoxy) is 2. The number of imidazole rings is 1. The molecule has 156 valence electrons. The summed E-state index contributed by atoms with van der Waals surface area (Å²) in [6.45, 7) is 0. The van der Waals surface area contributed by atoms with E-state index in [1.165, 1.54) is 0 Å². The number of thiazole rings is 1. The average Bonchev–Trinajstić information content (AvgIpc) is 3.48. The lowest BCUT2D eigenvalue weighted by molar-refractivity contribution is 0.0702. The highest BCUT2D eigenvalue weighted by Gasteiger charge is 2.22. The number of hydrogen-bond donors (Lipinski definition) is 1. The number of nitrogens with zero attached hydrogens (tertiary/aromatic N) is 4. The fourth-order valence-corrected chi connectivity index (χ4v) is 4.58. The summed E-state index contributed by atoms with van der Waals surface area (Å²) in [7, 11) is 5.10. The zero-order valence-electron chi connectivity index (χ0n) is 17.0. The molecule has 0 fully saturated rings. The highest BCUT2D eigenvalue weighted by molar-refractivity contribution is 7.16. The second kappa shape index (κ2) is 7.13. The van der Waals surface area contributed by atoms with Crippen molar-refractivity contribution >= 4 is 39.2 Å². The lowest BCUT2D eigenvalue weighted by Crippen LogP contribution is -1.95. The summed E-state index contributed by atoms with van der Waals surface area (Å²) >= 11 is 1.10. The van der Waals surface area contributed by atoms with Gasteiger partial charge in [0.05, 0.1) is 30.9 Å². The van der Waals surface area contributed by atoms with Crippen molar-refractivity contribution in [3.05, 3.63) is 53.8 Å². The van der Waals surface area contributed by atoms with Crippen LogP contribution in [0.3, 0.4) is 0 Å². The van der Waals surface area contributed by atoms with Crippen LogP contribution in [0.15, 0.2) is 48.9 Å². The van der Waals surface area contributed by atoms with Crippen LogP contribution in [0.25, 0.3) is 38.3 Å². The molecular weight excluding hydrogens is 416 g/mol. The average molecular weight is 434 g/mol. The third kappa shape index (κ3) is 3.01.